The molecular formula is C31H28Br2N2O8S. The summed E-state index contributed by atoms with van der Waals surface area (Å²) in [6.07, 6.45) is 7.11. The smallest absolute Gasteiger partial charge is 0.343 e. The molecule has 0 bridgehead atoms. The largest absolute Gasteiger partial charge is 0.490 e. The Morgan fingerprint density at radius 2 is 1.89 bits per heavy atom. The number of terminal acetylenes is 1. The molecule has 2 heterocycles. The van der Waals surface area contributed by atoms with Crippen LogP contribution in [-0.4, -0.2) is 50.0 Å². The molecule has 1 aliphatic heterocycles. The van der Waals surface area contributed by atoms with Gasteiger partial charge < -0.3 is 23.7 Å². The van der Waals surface area contributed by atoms with Gasteiger partial charge in [0, 0.05) is 10.0 Å². The van der Waals surface area contributed by atoms with Gasteiger partial charge in [-0.3, -0.25) is 9.36 Å². The van der Waals surface area contributed by atoms with Gasteiger partial charge in [0.2, 0.25) is 0 Å². The highest BCUT2D eigenvalue weighted by Crippen LogP contribution is 2.37. The van der Waals surface area contributed by atoms with Crippen molar-refractivity contribution in [1.29, 1.82) is 0 Å². The number of nitrogens with zero attached hydrogens (tertiary/aromatic N) is 2. The average molecular weight is 748 g/mol. The van der Waals surface area contributed by atoms with E-state index in [4.69, 9.17) is 25.4 Å². The lowest BCUT2D eigenvalue weighted by atomic mass is 9.95. The SMILES string of the molecule is C#CCOc1c(Br)cc(Br)cc1/C=c1/sc2n(c1=O)[C@@H](c1ccc(OCC(=O)OC)c(OCC)c1)C(C(=O)OCC)=C(C)N=2. The quantitative estimate of drug-likeness (QED) is 0.211. The third-order valence-electron chi connectivity index (χ3n) is 6.30. The maximum Gasteiger partial charge on any atom is 0.343 e. The van der Waals surface area contributed by atoms with Gasteiger partial charge in [-0.2, -0.15) is 0 Å². The lowest BCUT2D eigenvalue weighted by Gasteiger charge is -2.25. The number of thiazole rings is 1. The summed E-state index contributed by atoms with van der Waals surface area (Å²) in [6, 6.07) is 7.72. The third kappa shape index (κ3) is 7.09. The van der Waals surface area contributed by atoms with Gasteiger partial charge in [-0.15, -0.1) is 6.42 Å². The van der Waals surface area contributed by atoms with Crippen LogP contribution in [0.1, 0.15) is 37.9 Å². The zero-order chi connectivity index (χ0) is 32.0. The van der Waals surface area contributed by atoms with Crippen LogP contribution in [0.15, 0.2) is 60.3 Å². The van der Waals surface area contributed by atoms with Gasteiger partial charge in [-0.05, 0) is 72.6 Å². The van der Waals surface area contributed by atoms with E-state index in [1.807, 2.05) is 12.1 Å². The number of rotatable bonds is 11. The molecule has 0 amide bonds. The van der Waals surface area contributed by atoms with Crippen molar-refractivity contribution < 1.29 is 33.3 Å². The van der Waals surface area contributed by atoms with Crippen LogP contribution < -0.4 is 29.1 Å². The van der Waals surface area contributed by atoms with E-state index in [-0.39, 0.29) is 31.0 Å². The van der Waals surface area contributed by atoms with E-state index >= 15 is 0 Å². The molecule has 1 aliphatic rings. The van der Waals surface area contributed by atoms with Crippen LogP contribution in [-0.2, 0) is 19.1 Å². The van der Waals surface area contributed by atoms with Crippen LogP contribution in [0.5, 0.6) is 17.2 Å². The van der Waals surface area contributed by atoms with Crippen molar-refractivity contribution in [3.63, 3.8) is 0 Å². The molecule has 0 saturated carbocycles. The van der Waals surface area contributed by atoms with Crippen molar-refractivity contribution >= 4 is 61.2 Å². The summed E-state index contributed by atoms with van der Waals surface area (Å²) in [5, 5.41) is 0. The fourth-order valence-electron chi connectivity index (χ4n) is 4.48. The van der Waals surface area contributed by atoms with Gasteiger partial charge >= 0.3 is 11.9 Å². The maximum absolute atomic E-state index is 14.1. The van der Waals surface area contributed by atoms with Crippen LogP contribution in [0, 0.1) is 12.3 Å². The van der Waals surface area contributed by atoms with Crippen LogP contribution in [0.2, 0.25) is 0 Å². The molecular weight excluding hydrogens is 720 g/mol. The Balaban J connectivity index is 1.93. The molecule has 0 unspecified atom stereocenters. The molecule has 2 aromatic carbocycles. The summed E-state index contributed by atoms with van der Waals surface area (Å²) >= 11 is 8.16. The number of benzene rings is 2. The fourth-order valence-corrected chi connectivity index (χ4v) is 6.89. The Bertz CT molecular complexity index is 1860. The van der Waals surface area contributed by atoms with Crippen molar-refractivity contribution in [2.24, 2.45) is 4.99 Å². The molecule has 1 aromatic heterocycles. The molecule has 0 radical (unpaired) electrons. The van der Waals surface area contributed by atoms with Gasteiger partial charge in [0.15, 0.2) is 22.9 Å². The molecule has 1 atom stereocenters. The summed E-state index contributed by atoms with van der Waals surface area (Å²) in [5.41, 5.74) is 1.40. The van der Waals surface area contributed by atoms with E-state index < -0.39 is 18.0 Å². The Hall–Kier alpha value is -3.86. The molecule has 0 spiro atoms. The number of allylic oxidation sites excluding steroid dienone is 1. The molecule has 13 heteroatoms. The number of methoxy groups -OCH3 is 1. The normalized spacial score (nSPS) is 14.3. The Labute approximate surface area is 274 Å². The molecule has 0 aliphatic carbocycles. The van der Waals surface area contributed by atoms with E-state index in [1.54, 1.807) is 45.0 Å². The number of ether oxygens (including phenoxy) is 5. The first-order valence-corrected chi connectivity index (χ1v) is 15.7. The summed E-state index contributed by atoms with van der Waals surface area (Å²) in [4.78, 5) is 44.1. The van der Waals surface area contributed by atoms with Crippen molar-refractivity contribution in [2.75, 3.05) is 33.5 Å². The Morgan fingerprint density at radius 3 is 2.57 bits per heavy atom. The van der Waals surface area contributed by atoms with Gasteiger partial charge in [0.05, 0.1) is 46.6 Å². The summed E-state index contributed by atoms with van der Waals surface area (Å²) < 4.78 is 30.5. The predicted octanol–water partition coefficient (Wildman–Crippen LogP) is 4.29. The summed E-state index contributed by atoms with van der Waals surface area (Å²) in [7, 11) is 1.26. The highest BCUT2D eigenvalue weighted by Gasteiger charge is 2.34. The minimum Gasteiger partial charge on any atom is -0.490 e. The third-order valence-corrected chi connectivity index (χ3v) is 8.33. The standard InChI is InChI=1S/C31H28Br2N2O8S/c1-6-11-42-28-19(12-20(32)15-21(28)33)14-24-29(37)35-27(26(30(38)41-8-3)17(4)34-31(35)44-24)18-9-10-22(23(13-18)40-7-2)43-16-25(36)39-5/h1,9-10,12-15,27H,7-8,11,16H2,2-5H3/b24-14+/t27-/m0/s1. The van der Waals surface area contributed by atoms with E-state index in [1.165, 1.54) is 23.0 Å². The molecule has 0 saturated heterocycles. The van der Waals surface area contributed by atoms with E-state index in [0.717, 1.165) is 4.47 Å². The highest BCUT2D eigenvalue weighted by atomic mass is 79.9. The highest BCUT2D eigenvalue weighted by molar-refractivity contribution is 9.11. The Morgan fingerprint density at radius 1 is 1.11 bits per heavy atom. The number of aromatic nitrogens is 1. The fraction of sp³-hybridized carbons (Fsp3) is 0.290. The molecule has 4 rings (SSSR count). The molecule has 10 nitrogen and oxygen atoms in total. The lowest BCUT2D eigenvalue weighted by molar-refractivity contribution is -0.143. The number of fused-ring (bicyclic) bond motifs is 1. The maximum atomic E-state index is 14.1. The zero-order valence-electron chi connectivity index (χ0n) is 24.3. The summed E-state index contributed by atoms with van der Waals surface area (Å²) in [6.45, 7) is 5.35. The zero-order valence-corrected chi connectivity index (χ0v) is 28.3. The minimum atomic E-state index is -0.896. The van der Waals surface area contributed by atoms with Crippen molar-refractivity contribution in [2.45, 2.75) is 26.8 Å². The summed E-state index contributed by atoms with van der Waals surface area (Å²) in [5.74, 6) is 2.39. The van der Waals surface area contributed by atoms with Gasteiger partial charge in [0.1, 0.15) is 12.4 Å². The topological polar surface area (TPSA) is 115 Å². The first kappa shape index (κ1) is 33.0. The van der Waals surface area contributed by atoms with Crippen LogP contribution >= 0.6 is 43.2 Å². The molecule has 3 aromatic rings. The number of hydrogen-bond donors (Lipinski definition) is 0. The van der Waals surface area contributed by atoms with Crippen LogP contribution in [0.3, 0.4) is 0 Å². The second-order valence-electron chi connectivity index (χ2n) is 9.11. The van der Waals surface area contributed by atoms with Crippen LogP contribution in [0.25, 0.3) is 6.08 Å². The van der Waals surface area contributed by atoms with Gasteiger partial charge in [-0.1, -0.05) is 39.3 Å². The van der Waals surface area contributed by atoms with E-state index in [2.05, 4.69) is 47.5 Å². The number of hydrogen-bond acceptors (Lipinski definition) is 10. The van der Waals surface area contributed by atoms with Crippen molar-refractivity contribution in [3.8, 4) is 29.6 Å². The first-order chi connectivity index (χ1) is 21.1. The molecule has 0 N–H and O–H groups in total. The predicted molar refractivity (Wildman–Crippen MR) is 172 cm³/mol. The van der Waals surface area contributed by atoms with E-state index in [9.17, 15) is 14.4 Å². The van der Waals surface area contributed by atoms with Crippen molar-refractivity contribution in [1.82, 2.24) is 4.57 Å². The van der Waals surface area contributed by atoms with Crippen molar-refractivity contribution in [3.05, 3.63) is 81.4 Å². The number of carbonyl (C=O) groups is 2. The second kappa shape index (κ2) is 14.7. The van der Waals surface area contributed by atoms with E-state index in [0.29, 0.717) is 54.5 Å². The molecule has 230 valence electrons. The number of halogens is 2. The average Bonchev–Trinajstić information content (AvgIpc) is 3.29. The molecule has 44 heavy (non-hydrogen) atoms. The second-order valence-corrected chi connectivity index (χ2v) is 11.9. The van der Waals surface area contributed by atoms with Gasteiger partial charge in [0.25, 0.3) is 5.56 Å². The first-order valence-electron chi connectivity index (χ1n) is 13.3. The van der Waals surface area contributed by atoms with Gasteiger partial charge in [-0.25, -0.2) is 14.6 Å². The lowest BCUT2D eigenvalue weighted by Crippen LogP contribution is -2.40. The minimum absolute atomic E-state index is 0.0337. The number of esters is 2. The molecule has 0 fully saturated rings. The van der Waals surface area contributed by atoms with Crippen LogP contribution in [0.4, 0.5) is 0 Å². The number of carbonyl (C=O) groups excluding carboxylic acids is 2. The monoisotopic (exact) mass is 746 g/mol. The Kier molecular flexibility index (Phi) is 11.1.